The number of carbonyl (C=O) groups is 2. The summed E-state index contributed by atoms with van der Waals surface area (Å²) in [5, 5.41) is 3.96. The Hall–Kier alpha value is -2.44. The first-order valence-corrected chi connectivity index (χ1v) is 12.6. The molecule has 6 heteroatoms. The van der Waals surface area contributed by atoms with Crippen molar-refractivity contribution in [2.75, 3.05) is 6.54 Å². The van der Waals surface area contributed by atoms with Gasteiger partial charge in [0.25, 0.3) is 5.91 Å². The highest BCUT2D eigenvalue weighted by molar-refractivity contribution is 7.12. The van der Waals surface area contributed by atoms with E-state index in [1.165, 1.54) is 17.8 Å². The quantitative estimate of drug-likeness (QED) is 0.432. The van der Waals surface area contributed by atoms with Crippen molar-refractivity contribution in [1.82, 2.24) is 9.80 Å². The highest BCUT2D eigenvalue weighted by atomic mass is 32.1. The lowest BCUT2D eigenvalue weighted by molar-refractivity contribution is -0.133. The summed E-state index contributed by atoms with van der Waals surface area (Å²) in [5.74, 6) is -0.00114. The normalized spacial score (nSPS) is 14.3. The number of rotatable bonds is 8. The van der Waals surface area contributed by atoms with E-state index in [-0.39, 0.29) is 24.4 Å². The SMILES string of the molecule is O=C(CN(C(=O)c1cccs1)C1CCCCC1)N(Cc1ccccc1)Cc1cccs1. The lowest BCUT2D eigenvalue weighted by atomic mass is 9.94. The number of thiophene rings is 2. The molecule has 4 rings (SSSR count). The fraction of sp³-hybridized carbons (Fsp3) is 0.360. The van der Waals surface area contributed by atoms with Crippen molar-refractivity contribution < 1.29 is 9.59 Å². The molecule has 4 nitrogen and oxygen atoms in total. The topological polar surface area (TPSA) is 40.6 Å². The molecule has 0 saturated heterocycles. The van der Waals surface area contributed by atoms with E-state index in [2.05, 4.69) is 6.07 Å². The van der Waals surface area contributed by atoms with Crippen molar-refractivity contribution in [1.29, 1.82) is 0 Å². The summed E-state index contributed by atoms with van der Waals surface area (Å²) in [5.41, 5.74) is 1.10. The Morgan fingerprint density at radius 3 is 2.26 bits per heavy atom. The molecule has 0 bridgehead atoms. The molecule has 3 aromatic rings. The second-order valence-corrected chi connectivity index (χ2v) is 10.00. The highest BCUT2D eigenvalue weighted by Gasteiger charge is 2.30. The average molecular weight is 453 g/mol. The number of benzene rings is 1. The van der Waals surface area contributed by atoms with E-state index in [1.807, 2.05) is 69.1 Å². The van der Waals surface area contributed by atoms with E-state index in [0.29, 0.717) is 18.0 Å². The van der Waals surface area contributed by atoms with Crippen LogP contribution in [0.1, 0.15) is 52.2 Å². The Balaban J connectivity index is 1.54. The predicted molar refractivity (Wildman–Crippen MR) is 127 cm³/mol. The average Bonchev–Trinajstić information content (AvgIpc) is 3.52. The summed E-state index contributed by atoms with van der Waals surface area (Å²) in [7, 11) is 0. The summed E-state index contributed by atoms with van der Waals surface area (Å²) in [4.78, 5) is 32.4. The first-order chi connectivity index (χ1) is 15.2. The van der Waals surface area contributed by atoms with Crippen molar-refractivity contribution in [3.63, 3.8) is 0 Å². The van der Waals surface area contributed by atoms with Gasteiger partial charge in [-0.1, -0.05) is 61.7 Å². The summed E-state index contributed by atoms with van der Waals surface area (Å²) in [6.45, 7) is 1.25. The van der Waals surface area contributed by atoms with Crippen LogP contribution in [0.4, 0.5) is 0 Å². The molecule has 0 N–H and O–H groups in total. The third-order valence-electron chi connectivity index (χ3n) is 5.81. The molecule has 2 heterocycles. The molecule has 1 saturated carbocycles. The number of hydrogen-bond acceptors (Lipinski definition) is 4. The van der Waals surface area contributed by atoms with Crippen LogP contribution in [0.2, 0.25) is 0 Å². The van der Waals surface area contributed by atoms with Crippen LogP contribution in [-0.4, -0.2) is 34.2 Å². The third-order valence-corrected chi connectivity index (χ3v) is 7.53. The van der Waals surface area contributed by atoms with E-state index < -0.39 is 0 Å². The van der Waals surface area contributed by atoms with Crippen molar-refractivity contribution in [3.8, 4) is 0 Å². The van der Waals surface area contributed by atoms with Gasteiger partial charge in [0.05, 0.1) is 11.4 Å². The number of nitrogens with zero attached hydrogens (tertiary/aromatic N) is 2. The maximum absolute atomic E-state index is 13.5. The Morgan fingerprint density at radius 2 is 1.58 bits per heavy atom. The van der Waals surface area contributed by atoms with Gasteiger partial charge in [-0.05, 0) is 41.3 Å². The van der Waals surface area contributed by atoms with E-state index in [1.54, 1.807) is 11.3 Å². The molecular weight excluding hydrogens is 424 g/mol. The van der Waals surface area contributed by atoms with Gasteiger partial charge < -0.3 is 9.80 Å². The molecule has 1 aliphatic carbocycles. The van der Waals surface area contributed by atoms with Crippen LogP contribution in [0, 0.1) is 0 Å². The minimum atomic E-state index is -0.00830. The van der Waals surface area contributed by atoms with Gasteiger partial charge in [-0.2, -0.15) is 0 Å². The fourth-order valence-corrected chi connectivity index (χ4v) is 5.57. The zero-order chi connectivity index (χ0) is 21.5. The Kier molecular flexibility index (Phi) is 7.54. The maximum atomic E-state index is 13.5. The van der Waals surface area contributed by atoms with Gasteiger partial charge in [0.15, 0.2) is 0 Å². The van der Waals surface area contributed by atoms with E-state index >= 15 is 0 Å². The molecular formula is C25H28N2O2S2. The highest BCUT2D eigenvalue weighted by Crippen LogP contribution is 2.26. The van der Waals surface area contributed by atoms with Crippen LogP contribution in [0.3, 0.4) is 0 Å². The minimum Gasteiger partial charge on any atom is -0.332 e. The monoisotopic (exact) mass is 452 g/mol. The molecule has 1 aromatic carbocycles. The zero-order valence-corrected chi connectivity index (χ0v) is 19.2. The lowest BCUT2D eigenvalue weighted by Gasteiger charge is -2.35. The molecule has 162 valence electrons. The molecule has 0 spiro atoms. The van der Waals surface area contributed by atoms with Gasteiger partial charge in [-0.15, -0.1) is 22.7 Å². The minimum absolute atomic E-state index is 0.00716. The molecule has 0 atom stereocenters. The summed E-state index contributed by atoms with van der Waals surface area (Å²) >= 11 is 3.11. The summed E-state index contributed by atoms with van der Waals surface area (Å²) in [6.07, 6.45) is 5.41. The third kappa shape index (κ3) is 5.83. The molecule has 1 aliphatic rings. The van der Waals surface area contributed by atoms with Gasteiger partial charge >= 0.3 is 0 Å². The standard InChI is InChI=1S/C25H28N2O2S2/c28-24(26(18-22-13-7-15-30-22)17-20-9-3-1-4-10-20)19-27(21-11-5-2-6-12-21)25(29)23-14-8-16-31-23/h1,3-4,7-10,13-16,21H,2,5-6,11-12,17-19H2. The summed E-state index contributed by atoms with van der Waals surface area (Å²) < 4.78 is 0. The predicted octanol–water partition coefficient (Wildman–Crippen LogP) is 5.81. The van der Waals surface area contributed by atoms with E-state index in [4.69, 9.17) is 0 Å². The molecule has 2 amide bonds. The van der Waals surface area contributed by atoms with Crippen molar-refractivity contribution in [3.05, 3.63) is 80.7 Å². The summed E-state index contributed by atoms with van der Waals surface area (Å²) in [6, 6.07) is 18.1. The van der Waals surface area contributed by atoms with Crippen molar-refractivity contribution in [2.24, 2.45) is 0 Å². The Morgan fingerprint density at radius 1 is 0.839 bits per heavy atom. The number of hydrogen-bond donors (Lipinski definition) is 0. The number of carbonyl (C=O) groups excluding carboxylic acids is 2. The second kappa shape index (κ2) is 10.7. The molecule has 1 fully saturated rings. The van der Waals surface area contributed by atoms with Gasteiger partial charge in [-0.3, -0.25) is 9.59 Å². The van der Waals surface area contributed by atoms with Crippen LogP contribution in [0.5, 0.6) is 0 Å². The number of amides is 2. The Labute approximate surface area is 192 Å². The first-order valence-electron chi connectivity index (χ1n) is 10.9. The smallest absolute Gasteiger partial charge is 0.264 e. The Bertz CT molecular complexity index is 949. The van der Waals surface area contributed by atoms with E-state index in [9.17, 15) is 9.59 Å². The molecule has 31 heavy (non-hydrogen) atoms. The van der Waals surface area contributed by atoms with Gasteiger partial charge in [-0.25, -0.2) is 0 Å². The van der Waals surface area contributed by atoms with Crippen LogP contribution >= 0.6 is 22.7 Å². The largest absolute Gasteiger partial charge is 0.332 e. The van der Waals surface area contributed by atoms with Crippen molar-refractivity contribution >= 4 is 34.5 Å². The molecule has 0 aliphatic heterocycles. The van der Waals surface area contributed by atoms with Crippen LogP contribution < -0.4 is 0 Å². The van der Waals surface area contributed by atoms with Crippen LogP contribution in [0.25, 0.3) is 0 Å². The van der Waals surface area contributed by atoms with Crippen LogP contribution in [-0.2, 0) is 17.9 Å². The van der Waals surface area contributed by atoms with E-state index in [0.717, 1.165) is 36.1 Å². The zero-order valence-electron chi connectivity index (χ0n) is 17.6. The maximum Gasteiger partial charge on any atom is 0.264 e. The second-order valence-electron chi connectivity index (χ2n) is 8.02. The van der Waals surface area contributed by atoms with Crippen LogP contribution in [0.15, 0.2) is 65.4 Å². The van der Waals surface area contributed by atoms with Gasteiger partial charge in [0.2, 0.25) is 5.91 Å². The first kappa shape index (κ1) is 21.8. The molecule has 2 aromatic heterocycles. The molecule has 0 radical (unpaired) electrons. The van der Waals surface area contributed by atoms with Gasteiger partial charge in [0, 0.05) is 17.5 Å². The van der Waals surface area contributed by atoms with Gasteiger partial charge in [0.1, 0.15) is 6.54 Å². The lowest BCUT2D eigenvalue weighted by Crippen LogP contribution is -2.47. The fourth-order valence-electron chi connectivity index (χ4n) is 4.17. The molecule has 0 unspecified atom stereocenters. The van der Waals surface area contributed by atoms with Crippen molar-refractivity contribution in [2.45, 2.75) is 51.2 Å².